The van der Waals surface area contributed by atoms with Crippen molar-refractivity contribution < 1.29 is 8.83 Å². The molecular formula is C53H39N3O2. The molecule has 15 rings (SSSR count). The molecule has 5 aliphatic carbocycles. The number of amidine groups is 2. The Labute approximate surface area is 335 Å². The molecule has 0 saturated heterocycles. The first kappa shape index (κ1) is 31.6. The van der Waals surface area contributed by atoms with Gasteiger partial charge in [-0.2, -0.15) is 0 Å². The average Bonchev–Trinajstić information content (AvgIpc) is 3.93. The Balaban J connectivity index is 0.996. The fourth-order valence-electron chi connectivity index (χ4n) is 12.9. The molecule has 1 atom stereocenters. The smallest absolute Gasteiger partial charge is 0.173 e. The summed E-state index contributed by atoms with van der Waals surface area (Å²) in [4.78, 5) is 11.0. The largest absolute Gasteiger partial charge is 0.456 e. The third-order valence-corrected chi connectivity index (χ3v) is 14.9. The van der Waals surface area contributed by atoms with Gasteiger partial charge in [-0.15, -0.1) is 0 Å². The first-order valence-corrected chi connectivity index (χ1v) is 21.1. The quantitative estimate of drug-likeness (QED) is 0.196. The average molecular weight is 750 g/mol. The number of nitrogens with one attached hydrogen (secondary N) is 1. The molecule has 0 amide bonds. The molecule has 3 heterocycles. The Kier molecular flexibility index (Phi) is 6.18. The highest BCUT2D eigenvalue weighted by Crippen LogP contribution is 2.70. The van der Waals surface area contributed by atoms with Crippen molar-refractivity contribution in [3.8, 4) is 11.1 Å². The van der Waals surface area contributed by atoms with Crippen molar-refractivity contribution in [3.05, 3.63) is 167 Å². The first-order valence-electron chi connectivity index (χ1n) is 21.1. The number of rotatable bonds is 3. The van der Waals surface area contributed by atoms with Crippen LogP contribution < -0.4 is 5.32 Å². The highest BCUT2D eigenvalue weighted by Gasteiger charge is 2.61. The van der Waals surface area contributed by atoms with Gasteiger partial charge in [0.05, 0.1) is 0 Å². The van der Waals surface area contributed by atoms with E-state index in [4.69, 9.17) is 18.8 Å². The lowest BCUT2D eigenvalue weighted by molar-refractivity contribution is -0.0399. The SMILES string of the molecule is c1ccc2c3c(ccc2c1)C1(c2cc(C4=NC(c5cccc6c5oc5ccccc56)N=C(c5cccc6oc7ccccc7c56)N4)ccc2-3)C2CC3CC(C2)CC1C3. The number of benzene rings is 7. The molecule has 1 unspecified atom stereocenters. The molecule has 6 aliphatic rings. The van der Waals surface area contributed by atoms with Crippen LogP contribution in [-0.4, -0.2) is 11.7 Å². The Morgan fingerprint density at radius 3 is 2.05 bits per heavy atom. The number of aliphatic imine (C=N–C) groups is 2. The molecule has 9 aromatic rings. The summed E-state index contributed by atoms with van der Waals surface area (Å²) < 4.78 is 13.0. The molecule has 1 N–H and O–H groups in total. The standard InChI is InChI=1S/C53H39N3O2/c1-2-10-35-31(9-1)20-22-42-47(35)38-21-19-32(28-43(38)53(42)33-24-29-23-30(26-33)27-34(53)25-29)50-54-51(40-14-8-18-46-48(40)39-12-4-6-17-45(39)57-46)56-52(55-50)41-15-7-13-37-36-11-3-5-16-44(36)58-49(37)41/h1-22,28-30,33-34,52H,23-27H2,(H,54,55,56). The summed E-state index contributed by atoms with van der Waals surface area (Å²) >= 11 is 0. The second-order valence-corrected chi connectivity index (χ2v) is 17.7. The number of hydrogen-bond donors (Lipinski definition) is 1. The molecular weight excluding hydrogens is 711 g/mol. The number of nitrogens with zero attached hydrogens (tertiary/aromatic N) is 2. The van der Waals surface area contributed by atoms with E-state index in [2.05, 4.69) is 121 Å². The van der Waals surface area contributed by atoms with Crippen LogP contribution in [0.1, 0.15) is 66.1 Å². The minimum atomic E-state index is -0.534. The maximum absolute atomic E-state index is 6.62. The molecule has 4 saturated carbocycles. The zero-order chi connectivity index (χ0) is 37.7. The molecule has 58 heavy (non-hydrogen) atoms. The summed E-state index contributed by atoms with van der Waals surface area (Å²) in [6.45, 7) is 0. The van der Waals surface area contributed by atoms with Crippen molar-refractivity contribution in [1.29, 1.82) is 0 Å². The van der Waals surface area contributed by atoms with E-state index in [9.17, 15) is 0 Å². The number of para-hydroxylation sites is 3. The minimum Gasteiger partial charge on any atom is -0.456 e. The van der Waals surface area contributed by atoms with E-state index >= 15 is 0 Å². The third kappa shape index (κ3) is 4.11. The molecule has 2 aromatic heterocycles. The predicted octanol–water partition coefficient (Wildman–Crippen LogP) is 12.9. The van der Waals surface area contributed by atoms with Crippen LogP contribution >= 0.6 is 0 Å². The summed E-state index contributed by atoms with van der Waals surface area (Å²) in [5.41, 5.74) is 12.4. The molecule has 0 radical (unpaired) electrons. The van der Waals surface area contributed by atoms with E-state index < -0.39 is 6.17 Å². The van der Waals surface area contributed by atoms with Gasteiger partial charge in [-0.3, -0.25) is 0 Å². The van der Waals surface area contributed by atoms with Gasteiger partial charge in [0.2, 0.25) is 0 Å². The monoisotopic (exact) mass is 749 g/mol. The fraction of sp³-hybridized carbons (Fsp3) is 0.208. The Morgan fingerprint density at radius 1 is 0.517 bits per heavy atom. The van der Waals surface area contributed by atoms with Crippen LogP contribution in [0.15, 0.2) is 158 Å². The lowest BCUT2D eigenvalue weighted by Gasteiger charge is -2.61. The van der Waals surface area contributed by atoms with Crippen molar-refractivity contribution in [2.75, 3.05) is 0 Å². The molecule has 5 nitrogen and oxygen atoms in total. The van der Waals surface area contributed by atoms with Crippen LogP contribution in [0.25, 0.3) is 65.8 Å². The zero-order valence-corrected chi connectivity index (χ0v) is 31.9. The van der Waals surface area contributed by atoms with Gasteiger partial charge < -0.3 is 14.2 Å². The third-order valence-electron chi connectivity index (χ3n) is 14.9. The maximum Gasteiger partial charge on any atom is 0.173 e. The van der Waals surface area contributed by atoms with Crippen LogP contribution in [0.4, 0.5) is 0 Å². The van der Waals surface area contributed by atoms with Crippen LogP contribution in [0.5, 0.6) is 0 Å². The molecule has 1 aliphatic heterocycles. The van der Waals surface area contributed by atoms with Gasteiger partial charge >= 0.3 is 0 Å². The van der Waals surface area contributed by atoms with E-state index in [-0.39, 0.29) is 5.41 Å². The van der Waals surface area contributed by atoms with Crippen molar-refractivity contribution in [2.45, 2.75) is 43.7 Å². The van der Waals surface area contributed by atoms with Crippen molar-refractivity contribution >= 4 is 66.3 Å². The molecule has 278 valence electrons. The van der Waals surface area contributed by atoms with Gasteiger partial charge in [0.1, 0.15) is 34.0 Å². The summed E-state index contributed by atoms with van der Waals surface area (Å²) in [7, 11) is 0. The van der Waals surface area contributed by atoms with Crippen molar-refractivity contribution in [2.24, 2.45) is 33.7 Å². The molecule has 4 bridgehead atoms. The van der Waals surface area contributed by atoms with Crippen LogP contribution in [0, 0.1) is 23.7 Å². The highest BCUT2D eigenvalue weighted by molar-refractivity contribution is 6.23. The van der Waals surface area contributed by atoms with Crippen LogP contribution in [0.3, 0.4) is 0 Å². The molecule has 1 spiro atoms. The van der Waals surface area contributed by atoms with Gasteiger partial charge in [0, 0.05) is 43.7 Å². The van der Waals surface area contributed by atoms with E-state index in [1.165, 1.54) is 59.6 Å². The van der Waals surface area contributed by atoms with E-state index in [1.54, 1.807) is 5.56 Å². The Hall–Kier alpha value is -6.46. The summed E-state index contributed by atoms with van der Waals surface area (Å²) in [5, 5.41) is 10.8. The van der Waals surface area contributed by atoms with Gasteiger partial charge in [-0.1, -0.05) is 115 Å². The minimum absolute atomic E-state index is 0.0187. The summed E-state index contributed by atoms with van der Waals surface area (Å²) in [6.07, 6.45) is 6.25. The second-order valence-electron chi connectivity index (χ2n) is 17.7. The normalized spacial score (nSPS) is 25.5. The zero-order valence-electron chi connectivity index (χ0n) is 31.9. The summed E-state index contributed by atoms with van der Waals surface area (Å²) in [5.74, 6) is 4.66. The molecule has 7 aromatic carbocycles. The Morgan fingerprint density at radius 2 is 1.21 bits per heavy atom. The lowest BCUT2D eigenvalue weighted by Crippen LogP contribution is -2.55. The van der Waals surface area contributed by atoms with Gasteiger partial charge in [0.25, 0.3) is 0 Å². The number of fused-ring (bicyclic) bond motifs is 11. The van der Waals surface area contributed by atoms with Gasteiger partial charge in [-0.05, 0) is 113 Å². The molecule has 4 fully saturated rings. The van der Waals surface area contributed by atoms with Crippen LogP contribution in [-0.2, 0) is 5.41 Å². The van der Waals surface area contributed by atoms with Crippen molar-refractivity contribution in [1.82, 2.24) is 5.32 Å². The fourth-order valence-corrected chi connectivity index (χ4v) is 12.9. The Bertz CT molecular complexity index is 3280. The summed E-state index contributed by atoms with van der Waals surface area (Å²) in [6, 6.07) is 50.4. The first-order chi connectivity index (χ1) is 28.7. The van der Waals surface area contributed by atoms with Crippen molar-refractivity contribution in [3.63, 3.8) is 0 Å². The molecule has 5 heteroatoms. The maximum atomic E-state index is 6.62. The number of hydrogen-bond acceptors (Lipinski definition) is 5. The highest BCUT2D eigenvalue weighted by atomic mass is 16.3. The van der Waals surface area contributed by atoms with E-state index in [0.717, 1.165) is 84.1 Å². The predicted molar refractivity (Wildman–Crippen MR) is 234 cm³/mol. The number of furan rings is 2. The van der Waals surface area contributed by atoms with E-state index in [1.807, 2.05) is 24.3 Å². The lowest BCUT2D eigenvalue weighted by atomic mass is 9.43. The van der Waals surface area contributed by atoms with Crippen LogP contribution in [0.2, 0.25) is 0 Å². The van der Waals surface area contributed by atoms with E-state index in [0.29, 0.717) is 11.8 Å². The topological polar surface area (TPSA) is 63.0 Å². The van der Waals surface area contributed by atoms with Gasteiger partial charge in [-0.25, -0.2) is 9.98 Å². The van der Waals surface area contributed by atoms with Gasteiger partial charge in [0.15, 0.2) is 6.17 Å². The second kappa shape index (κ2) is 11.3.